The fraction of sp³-hybridized carbons (Fsp3) is 0.639. The Morgan fingerprint density at radius 2 is 1.81 bits per heavy atom. The number of aliphatic hydroxyl groups excluding tert-OH is 2. The van der Waals surface area contributed by atoms with E-state index >= 15 is 0 Å². The van der Waals surface area contributed by atoms with Gasteiger partial charge >= 0.3 is 0 Å². The van der Waals surface area contributed by atoms with Gasteiger partial charge in [0.15, 0.2) is 0 Å². The quantitative estimate of drug-likeness (QED) is 0.156. The molecular formula is C36H55N5O6S. The van der Waals surface area contributed by atoms with E-state index in [1.165, 1.54) is 11.4 Å². The molecule has 4 N–H and O–H groups in total. The summed E-state index contributed by atoms with van der Waals surface area (Å²) in [6.45, 7) is 4.51. The highest BCUT2D eigenvalue weighted by Gasteiger charge is 2.35. The van der Waals surface area contributed by atoms with Crippen LogP contribution in [-0.2, 0) is 32.6 Å². The number of imidazole rings is 1. The lowest BCUT2D eigenvalue weighted by Gasteiger charge is -2.34. The number of sulfonamides is 1. The molecule has 3 rings (SSSR count). The van der Waals surface area contributed by atoms with Gasteiger partial charge < -0.3 is 25.4 Å². The lowest BCUT2D eigenvalue weighted by atomic mass is 9.82. The lowest BCUT2D eigenvalue weighted by Crippen LogP contribution is -2.56. The van der Waals surface area contributed by atoms with Gasteiger partial charge in [0.1, 0.15) is 12.1 Å². The number of terminal acetylenes is 1. The van der Waals surface area contributed by atoms with Crippen LogP contribution in [0.1, 0.15) is 77.2 Å². The maximum atomic E-state index is 13.9. The molecule has 266 valence electrons. The number of benzene rings is 1. The molecule has 1 aromatic heterocycles. The lowest BCUT2D eigenvalue weighted by molar-refractivity contribution is -0.132. The second-order valence-corrected chi connectivity index (χ2v) is 15.8. The Labute approximate surface area is 287 Å². The standard InChI is InChI=1S/C36H55N5O6S/c1-5-6-17-31(36(45)39-32(24-29-15-11-8-12-16-29)34(43)33(42)22-27(2)3)38-35(44)30(23-28-13-9-7-10-14-28)25-48(46,47)40(4)20-21-41-19-18-37-26-41/h1,7,9-10,13-14,18-19,26-27,29-34,42-43H,6,8,11-12,15-17,20-25H2,2-4H3,(H,38,44)(H,39,45)/t30-,31+,32+,33+,34-/m1/s1. The number of nitrogens with zero attached hydrogens (tertiary/aromatic N) is 3. The maximum Gasteiger partial charge on any atom is 0.242 e. The molecule has 0 bridgehead atoms. The summed E-state index contributed by atoms with van der Waals surface area (Å²) >= 11 is 0. The molecule has 0 aliphatic heterocycles. The van der Waals surface area contributed by atoms with Crippen LogP contribution in [0, 0.1) is 30.1 Å². The first kappa shape index (κ1) is 39.2. The number of rotatable bonds is 20. The molecule has 2 amide bonds. The summed E-state index contributed by atoms with van der Waals surface area (Å²) in [5.41, 5.74) is 0.786. The van der Waals surface area contributed by atoms with Gasteiger partial charge in [-0.1, -0.05) is 76.3 Å². The van der Waals surface area contributed by atoms with E-state index in [2.05, 4.69) is 21.5 Å². The number of carbonyl (C=O) groups is 2. The molecule has 1 aliphatic rings. The van der Waals surface area contributed by atoms with Gasteiger partial charge in [0.25, 0.3) is 0 Å². The molecular weight excluding hydrogens is 630 g/mol. The normalized spacial score (nSPS) is 17.3. The van der Waals surface area contributed by atoms with E-state index in [1.54, 1.807) is 23.3 Å². The van der Waals surface area contributed by atoms with Gasteiger partial charge in [-0.2, -0.15) is 0 Å². The van der Waals surface area contributed by atoms with E-state index in [4.69, 9.17) is 6.42 Å². The number of amides is 2. The smallest absolute Gasteiger partial charge is 0.242 e. The van der Waals surface area contributed by atoms with Crippen molar-refractivity contribution in [3.63, 3.8) is 0 Å². The van der Waals surface area contributed by atoms with Crippen molar-refractivity contribution in [1.29, 1.82) is 0 Å². The molecule has 1 heterocycles. The van der Waals surface area contributed by atoms with E-state index in [9.17, 15) is 28.2 Å². The molecule has 1 saturated carbocycles. The van der Waals surface area contributed by atoms with Crippen molar-refractivity contribution in [1.82, 2.24) is 24.5 Å². The van der Waals surface area contributed by atoms with Gasteiger partial charge in [0.05, 0.1) is 30.1 Å². The number of nitrogens with one attached hydrogen (secondary N) is 2. The highest BCUT2D eigenvalue weighted by atomic mass is 32.2. The van der Waals surface area contributed by atoms with Crippen LogP contribution in [0.25, 0.3) is 0 Å². The van der Waals surface area contributed by atoms with Gasteiger partial charge in [-0.25, -0.2) is 17.7 Å². The number of aromatic nitrogens is 2. The molecule has 1 aromatic carbocycles. The second-order valence-electron chi connectivity index (χ2n) is 13.6. The summed E-state index contributed by atoms with van der Waals surface area (Å²) in [6.07, 6.45) is 15.0. The topological polar surface area (TPSA) is 154 Å². The van der Waals surface area contributed by atoms with Gasteiger partial charge in [0, 0.05) is 39.0 Å². The SMILES string of the molecule is C#CCC[C@H](NC(=O)[C@H](Cc1ccccc1)CS(=O)(=O)N(C)CCn1ccnc1)C(=O)N[C@@H](CC1CCCCC1)[C@@H](O)[C@@H](O)CC(C)C. The van der Waals surface area contributed by atoms with Crippen molar-refractivity contribution in [3.8, 4) is 12.3 Å². The second kappa shape index (κ2) is 19.7. The number of carbonyl (C=O) groups excluding carboxylic acids is 2. The number of likely N-dealkylation sites (N-methyl/N-ethyl adjacent to an activating group) is 1. The van der Waals surface area contributed by atoms with Crippen LogP contribution in [0.3, 0.4) is 0 Å². The molecule has 0 spiro atoms. The minimum absolute atomic E-state index is 0.129. The van der Waals surface area contributed by atoms with Crippen molar-refractivity contribution >= 4 is 21.8 Å². The average Bonchev–Trinajstić information content (AvgIpc) is 3.58. The largest absolute Gasteiger partial charge is 0.390 e. The molecule has 0 saturated heterocycles. The Morgan fingerprint density at radius 3 is 2.44 bits per heavy atom. The van der Waals surface area contributed by atoms with Gasteiger partial charge in [0.2, 0.25) is 21.8 Å². The molecule has 48 heavy (non-hydrogen) atoms. The summed E-state index contributed by atoms with van der Waals surface area (Å²) in [5.74, 6) is 0.424. The summed E-state index contributed by atoms with van der Waals surface area (Å²) in [4.78, 5) is 31.7. The Balaban J connectivity index is 1.80. The summed E-state index contributed by atoms with van der Waals surface area (Å²) in [6, 6.07) is 7.38. The van der Waals surface area contributed by atoms with E-state index in [1.807, 2.05) is 44.2 Å². The highest BCUT2D eigenvalue weighted by Crippen LogP contribution is 2.29. The zero-order valence-corrected chi connectivity index (χ0v) is 29.5. The van der Waals surface area contributed by atoms with Crippen molar-refractivity contribution in [2.45, 2.75) is 109 Å². The Morgan fingerprint density at radius 1 is 1.10 bits per heavy atom. The molecule has 0 radical (unpaired) electrons. The monoisotopic (exact) mass is 685 g/mol. The van der Waals surface area contributed by atoms with Crippen LogP contribution in [0.15, 0.2) is 49.1 Å². The van der Waals surface area contributed by atoms with Crippen LogP contribution >= 0.6 is 0 Å². The van der Waals surface area contributed by atoms with Gasteiger partial charge in [-0.15, -0.1) is 12.3 Å². The highest BCUT2D eigenvalue weighted by molar-refractivity contribution is 7.89. The van der Waals surface area contributed by atoms with E-state index in [-0.39, 0.29) is 31.7 Å². The first-order valence-electron chi connectivity index (χ1n) is 17.2. The summed E-state index contributed by atoms with van der Waals surface area (Å²) in [7, 11) is -2.39. The van der Waals surface area contributed by atoms with Crippen molar-refractivity contribution in [2.75, 3.05) is 19.3 Å². The Kier molecular flexibility index (Phi) is 16.1. The van der Waals surface area contributed by atoms with Crippen molar-refractivity contribution in [2.24, 2.45) is 17.8 Å². The molecule has 0 unspecified atom stereocenters. The predicted molar refractivity (Wildman–Crippen MR) is 187 cm³/mol. The van der Waals surface area contributed by atoms with E-state index in [0.717, 1.165) is 37.7 Å². The number of hydrogen-bond donors (Lipinski definition) is 4. The molecule has 2 aromatic rings. The number of hydrogen-bond acceptors (Lipinski definition) is 7. The van der Waals surface area contributed by atoms with E-state index < -0.39 is 57.8 Å². The fourth-order valence-electron chi connectivity index (χ4n) is 6.35. The van der Waals surface area contributed by atoms with Crippen LogP contribution in [0.2, 0.25) is 0 Å². The zero-order valence-electron chi connectivity index (χ0n) is 28.7. The first-order valence-corrected chi connectivity index (χ1v) is 18.8. The predicted octanol–water partition coefficient (Wildman–Crippen LogP) is 3.12. The summed E-state index contributed by atoms with van der Waals surface area (Å²) < 4.78 is 30.0. The average molecular weight is 686 g/mol. The Bertz CT molecular complexity index is 1390. The third-order valence-corrected chi connectivity index (χ3v) is 11.1. The van der Waals surface area contributed by atoms with E-state index in [0.29, 0.717) is 25.3 Å². The Hall–Kier alpha value is -3.24. The van der Waals surface area contributed by atoms with Crippen LogP contribution in [0.4, 0.5) is 0 Å². The first-order chi connectivity index (χ1) is 22.9. The minimum Gasteiger partial charge on any atom is -0.390 e. The molecule has 12 heteroatoms. The molecule has 5 atom stereocenters. The summed E-state index contributed by atoms with van der Waals surface area (Å²) in [5, 5.41) is 27.8. The third-order valence-electron chi connectivity index (χ3n) is 9.18. The maximum absolute atomic E-state index is 13.9. The van der Waals surface area contributed by atoms with Crippen molar-refractivity contribution in [3.05, 3.63) is 54.6 Å². The third kappa shape index (κ3) is 13.0. The number of aliphatic hydroxyl groups is 2. The van der Waals surface area contributed by atoms with Crippen LogP contribution < -0.4 is 10.6 Å². The zero-order chi connectivity index (χ0) is 35.1. The van der Waals surface area contributed by atoms with Gasteiger partial charge in [-0.05, 0) is 43.1 Å². The molecule has 1 fully saturated rings. The van der Waals surface area contributed by atoms with Crippen LogP contribution in [0.5, 0.6) is 0 Å². The minimum atomic E-state index is -3.87. The molecule has 11 nitrogen and oxygen atoms in total. The van der Waals surface area contributed by atoms with Crippen LogP contribution in [-0.4, -0.2) is 87.9 Å². The van der Waals surface area contributed by atoms with Crippen molar-refractivity contribution < 1.29 is 28.2 Å². The fourth-order valence-corrected chi connectivity index (χ4v) is 7.74. The van der Waals surface area contributed by atoms with Gasteiger partial charge in [-0.3, -0.25) is 9.59 Å². The molecule has 1 aliphatic carbocycles.